The Hall–Kier alpha value is -1.17. The van der Waals surface area contributed by atoms with Gasteiger partial charge in [0.2, 0.25) is 0 Å². The molecular formula is C10H11Cl2N5. The first-order chi connectivity index (χ1) is 8.11. The topological polar surface area (TPSA) is 55.6 Å². The molecule has 1 atom stereocenters. The highest BCUT2D eigenvalue weighted by Gasteiger charge is 2.14. The van der Waals surface area contributed by atoms with Gasteiger partial charge in [-0.2, -0.15) is 4.68 Å². The highest BCUT2D eigenvalue weighted by atomic mass is 35.5. The number of nitrogens with zero attached hydrogens (tertiary/aromatic N) is 4. The van der Waals surface area contributed by atoms with Gasteiger partial charge in [-0.25, -0.2) is 0 Å². The lowest BCUT2D eigenvalue weighted by molar-refractivity contribution is 0.588. The van der Waals surface area contributed by atoms with Gasteiger partial charge in [0.1, 0.15) is 0 Å². The zero-order valence-electron chi connectivity index (χ0n) is 9.35. The molecule has 1 aromatic heterocycles. The minimum atomic E-state index is 0.0303. The summed E-state index contributed by atoms with van der Waals surface area (Å²) in [6, 6.07) is 5.21. The Balaban J connectivity index is 2.49. The lowest BCUT2D eigenvalue weighted by Gasteiger charge is -2.10. The van der Waals surface area contributed by atoms with Crippen LogP contribution in [0.25, 0.3) is 5.69 Å². The molecule has 5 nitrogen and oxygen atoms in total. The van der Waals surface area contributed by atoms with Crippen molar-refractivity contribution in [2.24, 2.45) is 0 Å². The number of aromatic nitrogens is 4. The van der Waals surface area contributed by atoms with Crippen molar-refractivity contribution in [2.45, 2.75) is 13.0 Å². The van der Waals surface area contributed by atoms with Crippen molar-refractivity contribution in [3.8, 4) is 5.69 Å². The molecule has 1 N–H and O–H groups in total. The lowest BCUT2D eigenvalue weighted by Crippen LogP contribution is -2.17. The molecular weight excluding hydrogens is 261 g/mol. The van der Waals surface area contributed by atoms with Crippen molar-refractivity contribution in [2.75, 3.05) is 7.05 Å². The molecule has 0 radical (unpaired) electrons. The molecule has 0 aliphatic rings. The van der Waals surface area contributed by atoms with Gasteiger partial charge in [0.15, 0.2) is 5.82 Å². The Kier molecular flexibility index (Phi) is 3.61. The van der Waals surface area contributed by atoms with Crippen LogP contribution >= 0.6 is 23.2 Å². The molecule has 0 spiro atoms. The average Bonchev–Trinajstić information content (AvgIpc) is 2.75. The van der Waals surface area contributed by atoms with Crippen molar-refractivity contribution >= 4 is 23.2 Å². The number of benzene rings is 1. The van der Waals surface area contributed by atoms with Gasteiger partial charge in [0.25, 0.3) is 0 Å². The molecule has 0 bridgehead atoms. The van der Waals surface area contributed by atoms with Crippen LogP contribution in [0, 0.1) is 0 Å². The largest absolute Gasteiger partial charge is 0.311 e. The summed E-state index contributed by atoms with van der Waals surface area (Å²) >= 11 is 11.9. The van der Waals surface area contributed by atoms with Gasteiger partial charge in [0, 0.05) is 10.0 Å². The smallest absolute Gasteiger partial charge is 0.173 e. The SMILES string of the molecule is CNC(C)c1nnnn1-c1cc(Cl)cc(Cl)c1. The first-order valence-corrected chi connectivity index (χ1v) is 5.79. The van der Waals surface area contributed by atoms with Crippen molar-refractivity contribution in [1.82, 2.24) is 25.5 Å². The summed E-state index contributed by atoms with van der Waals surface area (Å²) in [5.74, 6) is 0.700. The summed E-state index contributed by atoms with van der Waals surface area (Å²) in [7, 11) is 1.84. The van der Waals surface area contributed by atoms with Crippen LogP contribution in [0.2, 0.25) is 10.0 Å². The van der Waals surface area contributed by atoms with E-state index in [-0.39, 0.29) is 6.04 Å². The van der Waals surface area contributed by atoms with E-state index in [4.69, 9.17) is 23.2 Å². The van der Waals surface area contributed by atoms with Crippen LogP contribution in [0.1, 0.15) is 18.8 Å². The molecule has 0 fully saturated rings. The molecule has 0 aliphatic heterocycles. The molecule has 2 rings (SSSR count). The highest BCUT2D eigenvalue weighted by Crippen LogP contribution is 2.22. The number of rotatable bonds is 3. The van der Waals surface area contributed by atoms with Gasteiger partial charge in [-0.3, -0.25) is 0 Å². The van der Waals surface area contributed by atoms with Crippen LogP contribution in [-0.2, 0) is 0 Å². The summed E-state index contributed by atoms with van der Waals surface area (Å²) in [6.45, 7) is 1.97. The molecule has 1 aromatic carbocycles. The van der Waals surface area contributed by atoms with E-state index >= 15 is 0 Å². The summed E-state index contributed by atoms with van der Waals surface area (Å²) in [4.78, 5) is 0. The molecule has 0 aliphatic carbocycles. The van der Waals surface area contributed by atoms with E-state index in [1.165, 1.54) is 0 Å². The molecule has 1 unspecified atom stereocenters. The Labute approximate surface area is 109 Å². The summed E-state index contributed by atoms with van der Waals surface area (Å²) in [5, 5.41) is 15.7. The molecule has 17 heavy (non-hydrogen) atoms. The molecule has 1 heterocycles. The number of nitrogens with one attached hydrogen (secondary N) is 1. The van der Waals surface area contributed by atoms with E-state index in [9.17, 15) is 0 Å². The second-order valence-corrected chi connectivity index (χ2v) is 4.46. The predicted molar refractivity (Wildman–Crippen MR) is 66.6 cm³/mol. The third-order valence-corrected chi connectivity index (χ3v) is 2.84. The molecule has 0 amide bonds. The normalized spacial score (nSPS) is 12.7. The molecule has 0 saturated heterocycles. The average molecular weight is 272 g/mol. The van der Waals surface area contributed by atoms with Gasteiger partial charge in [-0.1, -0.05) is 23.2 Å². The first-order valence-electron chi connectivity index (χ1n) is 5.04. The zero-order chi connectivity index (χ0) is 12.4. The molecule has 90 valence electrons. The Morgan fingerprint density at radius 1 is 1.24 bits per heavy atom. The van der Waals surface area contributed by atoms with Crippen molar-refractivity contribution in [1.29, 1.82) is 0 Å². The Morgan fingerprint density at radius 3 is 2.47 bits per heavy atom. The Bertz CT molecular complexity index is 505. The minimum absolute atomic E-state index is 0.0303. The van der Waals surface area contributed by atoms with E-state index < -0.39 is 0 Å². The number of tetrazole rings is 1. The standard InChI is InChI=1S/C10H11Cl2N5/c1-6(13-2)10-14-15-16-17(10)9-4-7(11)3-8(12)5-9/h3-6,13H,1-2H3. The van der Waals surface area contributed by atoms with Crippen LogP contribution in [0.3, 0.4) is 0 Å². The van der Waals surface area contributed by atoms with E-state index in [1.54, 1.807) is 22.9 Å². The summed E-state index contributed by atoms with van der Waals surface area (Å²) in [6.07, 6.45) is 0. The van der Waals surface area contributed by atoms with Gasteiger partial charge in [-0.15, -0.1) is 5.10 Å². The van der Waals surface area contributed by atoms with E-state index in [1.807, 2.05) is 14.0 Å². The van der Waals surface area contributed by atoms with Crippen molar-refractivity contribution in [3.05, 3.63) is 34.1 Å². The lowest BCUT2D eigenvalue weighted by atomic mass is 10.3. The van der Waals surface area contributed by atoms with Gasteiger partial charge < -0.3 is 5.32 Å². The van der Waals surface area contributed by atoms with E-state index in [0.717, 1.165) is 5.69 Å². The molecule has 0 saturated carbocycles. The first kappa shape index (κ1) is 12.3. The zero-order valence-corrected chi connectivity index (χ0v) is 10.9. The fraction of sp³-hybridized carbons (Fsp3) is 0.300. The third-order valence-electron chi connectivity index (χ3n) is 2.41. The van der Waals surface area contributed by atoms with Gasteiger partial charge in [0.05, 0.1) is 11.7 Å². The van der Waals surface area contributed by atoms with Crippen molar-refractivity contribution in [3.63, 3.8) is 0 Å². The van der Waals surface area contributed by atoms with Crippen LogP contribution in [0.15, 0.2) is 18.2 Å². The second kappa shape index (κ2) is 5.00. The quantitative estimate of drug-likeness (QED) is 0.931. The number of hydrogen-bond acceptors (Lipinski definition) is 4. The fourth-order valence-electron chi connectivity index (χ4n) is 1.44. The van der Waals surface area contributed by atoms with E-state index in [0.29, 0.717) is 15.9 Å². The molecule has 7 heteroatoms. The Morgan fingerprint density at radius 2 is 1.88 bits per heavy atom. The molecule has 2 aromatic rings. The maximum absolute atomic E-state index is 5.95. The van der Waals surface area contributed by atoms with Gasteiger partial charge in [-0.05, 0) is 42.6 Å². The summed E-state index contributed by atoms with van der Waals surface area (Å²) in [5.41, 5.74) is 0.740. The predicted octanol–water partition coefficient (Wildman–Crippen LogP) is 2.25. The summed E-state index contributed by atoms with van der Waals surface area (Å²) < 4.78 is 1.61. The van der Waals surface area contributed by atoms with Crippen LogP contribution in [0.5, 0.6) is 0 Å². The monoisotopic (exact) mass is 271 g/mol. The highest BCUT2D eigenvalue weighted by molar-refractivity contribution is 6.34. The maximum atomic E-state index is 5.95. The number of hydrogen-bond donors (Lipinski definition) is 1. The van der Waals surface area contributed by atoms with Gasteiger partial charge >= 0.3 is 0 Å². The second-order valence-electron chi connectivity index (χ2n) is 3.59. The maximum Gasteiger partial charge on any atom is 0.173 e. The number of halogens is 2. The minimum Gasteiger partial charge on any atom is -0.311 e. The van der Waals surface area contributed by atoms with E-state index in [2.05, 4.69) is 20.8 Å². The van der Waals surface area contributed by atoms with Crippen LogP contribution < -0.4 is 5.32 Å². The van der Waals surface area contributed by atoms with Crippen LogP contribution in [0.4, 0.5) is 0 Å². The van der Waals surface area contributed by atoms with Crippen LogP contribution in [-0.4, -0.2) is 27.3 Å². The van der Waals surface area contributed by atoms with Crippen molar-refractivity contribution < 1.29 is 0 Å². The fourth-order valence-corrected chi connectivity index (χ4v) is 1.95. The third kappa shape index (κ3) is 2.57.